The summed E-state index contributed by atoms with van der Waals surface area (Å²) in [6.45, 7) is 3.15. The quantitative estimate of drug-likeness (QED) is 0.596. The first-order chi connectivity index (χ1) is 9.69. The molecule has 0 saturated carbocycles. The van der Waals surface area contributed by atoms with Gasteiger partial charge in [-0.05, 0) is 18.6 Å². The van der Waals surface area contributed by atoms with Crippen LogP contribution in [-0.4, -0.2) is 16.5 Å². The van der Waals surface area contributed by atoms with Gasteiger partial charge in [-0.3, -0.25) is 10.1 Å². The molecule has 106 valence electrons. The Kier molecular flexibility index (Phi) is 4.54. The van der Waals surface area contributed by atoms with Gasteiger partial charge >= 0.3 is 0 Å². The first kappa shape index (κ1) is 13.9. The van der Waals surface area contributed by atoms with E-state index in [2.05, 4.69) is 15.6 Å². The molecule has 2 N–H and O–H groups in total. The molecule has 2 heterocycles. The molecule has 0 bridgehead atoms. The van der Waals surface area contributed by atoms with E-state index in [-0.39, 0.29) is 5.69 Å². The van der Waals surface area contributed by atoms with Crippen molar-refractivity contribution in [1.82, 2.24) is 4.98 Å². The van der Waals surface area contributed by atoms with Gasteiger partial charge in [0.2, 0.25) is 0 Å². The lowest BCUT2D eigenvalue weighted by atomic mass is 10.3. The van der Waals surface area contributed by atoms with E-state index in [1.807, 2.05) is 13.0 Å². The van der Waals surface area contributed by atoms with Crippen LogP contribution in [-0.2, 0) is 6.54 Å². The lowest BCUT2D eigenvalue weighted by Crippen LogP contribution is -2.06. The lowest BCUT2D eigenvalue weighted by molar-refractivity contribution is -0.384. The first-order valence-electron chi connectivity index (χ1n) is 6.35. The maximum Gasteiger partial charge on any atom is 0.276 e. The maximum absolute atomic E-state index is 10.9. The van der Waals surface area contributed by atoms with E-state index in [0.717, 1.165) is 12.2 Å². The molecule has 0 aliphatic carbocycles. The van der Waals surface area contributed by atoms with Crippen LogP contribution in [0.3, 0.4) is 0 Å². The average molecular weight is 276 g/mol. The molecule has 2 aromatic heterocycles. The number of hydrogen-bond acceptors (Lipinski definition) is 6. The van der Waals surface area contributed by atoms with E-state index in [9.17, 15) is 10.1 Å². The minimum absolute atomic E-state index is 0.000507. The minimum Gasteiger partial charge on any atom is -0.467 e. The molecule has 0 atom stereocenters. The van der Waals surface area contributed by atoms with Crippen LogP contribution < -0.4 is 10.6 Å². The smallest absolute Gasteiger partial charge is 0.276 e. The van der Waals surface area contributed by atoms with Gasteiger partial charge < -0.3 is 15.1 Å². The number of pyridine rings is 1. The highest BCUT2D eigenvalue weighted by Gasteiger charge is 2.11. The van der Waals surface area contributed by atoms with Gasteiger partial charge in [-0.1, -0.05) is 6.92 Å². The fourth-order valence-electron chi connectivity index (χ4n) is 1.65. The SMILES string of the molecule is CCCNc1cc([N+](=O)[O-])cc(NCc2ccco2)n1. The van der Waals surface area contributed by atoms with Gasteiger partial charge in [-0.2, -0.15) is 0 Å². The van der Waals surface area contributed by atoms with E-state index in [4.69, 9.17) is 4.42 Å². The normalized spacial score (nSPS) is 10.2. The number of rotatable bonds is 7. The van der Waals surface area contributed by atoms with Crippen molar-refractivity contribution in [3.05, 3.63) is 46.4 Å². The second kappa shape index (κ2) is 6.55. The van der Waals surface area contributed by atoms with Gasteiger partial charge in [-0.25, -0.2) is 4.98 Å². The van der Waals surface area contributed by atoms with E-state index < -0.39 is 4.92 Å². The van der Waals surface area contributed by atoms with E-state index >= 15 is 0 Å². The number of hydrogen-bond donors (Lipinski definition) is 2. The maximum atomic E-state index is 10.9. The summed E-state index contributed by atoms with van der Waals surface area (Å²) in [6, 6.07) is 6.43. The second-order valence-electron chi connectivity index (χ2n) is 4.21. The molecule has 0 spiro atoms. The summed E-state index contributed by atoms with van der Waals surface area (Å²) in [5, 5.41) is 17.0. The Morgan fingerprint density at radius 1 is 1.35 bits per heavy atom. The van der Waals surface area contributed by atoms with Crippen molar-refractivity contribution in [3.63, 3.8) is 0 Å². The molecule has 0 radical (unpaired) electrons. The fourth-order valence-corrected chi connectivity index (χ4v) is 1.65. The molecule has 0 saturated heterocycles. The van der Waals surface area contributed by atoms with Crippen molar-refractivity contribution in [3.8, 4) is 0 Å². The largest absolute Gasteiger partial charge is 0.467 e. The second-order valence-corrected chi connectivity index (χ2v) is 4.21. The van der Waals surface area contributed by atoms with Crippen LogP contribution >= 0.6 is 0 Å². The number of nitro groups is 1. The van der Waals surface area contributed by atoms with Crippen molar-refractivity contribution in [2.75, 3.05) is 17.2 Å². The Morgan fingerprint density at radius 3 is 2.70 bits per heavy atom. The number of furan rings is 1. The van der Waals surface area contributed by atoms with Crippen molar-refractivity contribution in [1.29, 1.82) is 0 Å². The van der Waals surface area contributed by atoms with Crippen LogP contribution in [0.5, 0.6) is 0 Å². The Balaban J connectivity index is 2.13. The molecule has 0 aliphatic heterocycles. The van der Waals surface area contributed by atoms with E-state index in [1.54, 1.807) is 12.3 Å². The number of anilines is 2. The lowest BCUT2D eigenvalue weighted by Gasteiger charge is -2.08. The van der Waals surface area contributed by atoms with Crippen molar-refractivity contribution < 1.29 is 9.34 Å². The molecule has 0 aromatic carbocycles. The summed E-state index contributed by atoms with van der Waals surface area (Å²) in [6.07, 6.45) is 2.49. The van der Waals surface area contributed by atoms with Crippen LogP contribution in [0.1, 0.15) is 19.1 Å². The van der Waals surface area contributed by atoms with Crippen LogP contribution in [0.4, 0.5) is 17.3 Å². The Hall–Kier alpha value is -2.57. The highest BCUT2D eigenvalue weighted by Crippen LogP contribution is 2.21. The summed E-state index contributed by atoms with van der Waals surface area (Å²) in [4.78, 5) is 14.8. The third-order valence-electron chi connectivity index (χ3n) is 2.60. The van der Waals surface area contributed by atoms with Gasteiger partial charge in [0.15, 0.2) is 0 Å². The summed E-state index contributed by atoms with van der Waals surface area (Å²) in [7, 11) is 0. The molecule has 0 fully saturated rings. The topological polar surface area (TPSA) is 93.2 Å². The Morgan fingerprint density at radius 2 is 2.10 bits per heavy atom. The standard InChI is InChI=1S/C13H16N4O3/c1-2-5-14-12-7-10(17(18)19)8-13(16-12)15-9-11-4-3-6-20-11/h3-4,6-8H,2,5,9H2,1H3,(H2,14,15,16). The van der Waals surface area contributed by atoms with Crippen molar-refractivity contribution in [2.24, 2.45) is 0 Å². The molecular formula is C13H16N4O3. The van der Waals surface area contributed by atoms with Gasteiger partial charge in [0, 0.05) is 6.54 Å². The highest BCUT2D eigenvalue weighted by molar-refractivity contribution is 5.54. The molecule has 0 aliphatic rings. The monoisotopic (exact) mass is 276 g/mol. The highest BCUT2D eigenvalue weighted by atomic mass is 16.6. The van der Waals surface area contributed by atoms with Gasteiger partial charge in [0.05, 0.1) is 29.9 Å². The predicted molar refractivity (Wildman–Crippen MR) is 75.7 cm³/mol. The molecular weight excluding hydrogens is 260 g/mol. The third-order valence-corrected chi connectivity index (χ3v) is 2.60. The van der Waals surface area contributed by atoms with Crippen LogP contribution in [0.25, 0.3) is 0 Å². The molecule has 20 heavy (non-hydrogen) atoms. The molecule has 0 unspecified atom stereocenters. The third kappa shape index (κ3) is 3.71. The minimum atomic E-state index is -0.434. The first-order valence-corrected chi connectivity index (χ1v) is 6.35. The van der Waals surface area contributed by atoms with Crippen molar-refractivity contribution in [2.45, 2.75) is 19.9 Å². The zero-order valence-electron chi connectivity index (χ0n) is 11.1. The number of nitrogens with zero attached hydrogens (tertiary/aromatic N) is 2. The summed E-state index contributed by atoms with van der Waals surface area (Å²) in [5.41, 5.74) is 0.000507. The summed E-state index contributed by atoms with van der Waals surface area (Å²) >= 11 is 0. The van der Waals surface area contributed by atoms with Gasteiger partial charge in [0.1, 0.15) is 17.4 Å². The Bertz CT molecular complexity index is 569. The zero-order chi connectivity index (χ0) is 14.4. The molecule has 0 amide bonds. The van der Waals surface area contributed by atoms with Crippen LogP contribution in [0.15, 0.2) is 34.9 Å². The predicted octanol–water partition coefficient (Wildman–Crippen LogP) is 3.02. The fraction of sp³-hybridized carbons (Fsp3) is 0.308. The molecule has 7 nitrogen and oxygen atoms in total. The number of nitrogens with one attached hydrogen (secondary N) is 2. The van der Waals surface area contributed by atoms with Gasteiger partial charge in [-0.15, -0.1) is 0 Å². The van der Waals surface area contributed by atoms with Crippen LogP contribution in [0.2, 0.25) is 0 Å². The number of aromatic nitrogens is 1. The van der Waals surface area contributed by atoms with Crippen LogP contribution in [0, 0.1) is 10.1 Å². The van der Waals surface area contributed by atoms with E-state index in [0.29, 0.717) is 24.7 Å². The summed E-state index contributed by atoms with van der Waals surface area (Å²) in [5.74, 6) is 1.67. The van der Waals surface area contributed by atoms with Crippen molar-refractivity contribution >= 4 is 17.3 Å². The van der Waals surface area contributed by atoms with Gasteiger partial charge in [0.25, 0.3) is 5.69 Å². The summed E-state index contributed by atoms with van der Waals surface area (Å²) < 4.78 is 5.19. The zero-order valence-corrected chi connectivity index (χ0v) is 11.1. The molecule has 2 aromatic rings. The Labute approximate surface area is 116 Å². The van der Waals surface area contributed by atoms with E-state index in [1.165, 1.54) is 12.1 Å². The average Bonchev–Trinajstić information content (AvgIpc) is 2.96. The molecule has 7 heteroatoms. The molecule has 2 rings (SSSR count).